The van der Waals surface area contributed by atoms with Gasteiger partial charge in [0.15, 0.2) is 4.34 Å². The van der Waals surface area contributed by atoms with E-state index in [1.807, 2.05) is 12.1 Å². The molecule has 0 amide bonds. The Morgan fingerprint density at radius 1 is 1.11 bits per heavy atom. The molecule has 28 heavy (non-hydrogen) atoms. The summed E-state index contributed by atoms with van der Waals surface area (Å²) in [4.78, 5) is 4.34. The third kappa shape index (κ3) is 4.00. The molecular formula is C19H17F2N5S2. The van der Waals surface area contributed by atoms with Gasteiger partial charge in [0.25, 0.3) is 0 Å². The number of anilines is 2. The molecule has 0 saturated heterocycles. The average molecular weight is 418 g/mol. The Bertz CT molecular complexity index is 1080. The third-order valence-corrected chi connectivity index (χ3v) is 6.18. The number of alkyl halides is 2. The lowest BCUT2D eigenvalue weighted by molar-refractivity contribution is 0.0722. The first kappa shape index (κ1) is 18.8. The van der Waals surface area contributed by atoms with Crippen LogP contribution in [-0.2, 0) is 12.2 Å². The van der Waals surface area contributed by atoms with E-state index in [0.717, 1.165) is 16.7 Å². The minimum Gasteiger partial charge on any atom is -0.330 e. The highest BCUT2D eigenvalue weighted by atomic mass is 32.2. The zero-order chi connectivity index (χ0) is 19.5. The maximum Gasteiger partial charge on any atom is 0.320 e. The predicted octanol–water partition coefficient (Wildman–Crippen LogP) is 5.88. The van der Waals surface area contributed by atoms with E-state index in [2.05, 4.69) is 39.6 Å². The van der Waals surface area contributed by atoms with Gasteiger partial charge in [-0.3, -0.25) is 4.57 Å². The van der Waals surface area contributed by atoms with Crippen LogP contribution in [0.5, 0.6) is 0 Å². The van der Waals surface area contributed by atoms with Crippen LogP contribution >= 0.6 is 23.1 Å². The number of hydrogen-bond donors (Lipinski definition) is 1. The van der Waals surface area contributed by atoms with Crippen molar-refractivity contribution >= 4 is 45.0 Å². The molecule has 0 fully saturated rings. The summed E-state index contributed by atoms with van der Waals surface area (Å²) in [6.07, 6.45) is 0.989. The van der Waals surface area contributed by atoms with Crippen molar-refractivity contribution in [3.05, 3.63) is 59.9 Å². The molecule has 4 aromatic rings. The molecule has 0 radical (unpaired) electrons. The number of rotatable bonds is 7. The minimum absolute atomic E-state index is 0.291. The van der Waals surface area contributed by atoms with Gasteiger partial charge in [-0.1, -0.05) is 54.3 Å². The van der Waals surface area contributed by atoms with Gasteiger partial charge in [0.2, 0.25) is 5.13 Å². The van der Waals surface area contributed by atoms with E-state index >= 15 is 0 Å². The van der Waals surface area contributed by atoms with Gasteiger partial charge in [-0.05, 0) is 36.2 Å². The van der Waals surface area contributed by atoms with E-state index in [0.29, 0.717) is 32.1 Å². The number of benzene rings is 2. The zero-order valence-corrected chi connectivity index (χ0v) is 16.6. The minimum atomic E-state index is -2.64. The molecule has 2 aromatic heterocycles. The molecule has 0 aliphatic heterocycles. The van der Waals surface area contributed by atoms with E-state index in [-0.39, 0.29) is 0 Å². The van der Waals surface area contributed by atoms with Crippen LogP contribution in [0.1, 0.15) is 24.9 Å². The summed E-state index contributed by atoms with van der Waals surface area (Å²) >= 11 is 2.73. The summed E-state index contributed by atoms with van der Waals surface area (Å²) in [5.41, 5.74) is 3.20. The molecule has 2 heterocycles. The Hall–Kier alpha value is -2.52. The Kier molecular flexibility index (Phi) is 5.54. The maximum atomic E-state index is 13.5. The molecule has 4 rings (SSSR count). The zero-order valence-electron chi connectivity index (χ0n) is 15.0. The fourth-order valence-corrected chi connectivity index (χ4v) is 4.51. The van der Waals surface area contributed by atoms with Crippen molar-refractivity contribution in [1.29, 1.82) is 0 Å². The van der Waals surface area contributed by atoms with Crippen LogP contribution in [-0.4, -0.2) is 19.7 Å². The molecule has 1 N–H and O–H groups in total. The number of nitrogens with zero attached hydrogens (tertiary/aromatic N) is 4. The predicted molar refractivity (Wildman–Crippen MR) is 110 cm³/mol. The standard InChI is InChI=1S/C19H17F2N5S2/c1-2-12-7-9-13(10-8-12)22-18-24-25-19(28-18)27-11-16-23-14-5-3-4-6-15(14)26(16)17(20)21/h3-10,17H,2,11H2,1H3,(H,22,24). The van der Waals surface area contributed by atoms with E-state index in [9.17, 15) is 8.78 Å². The molecule has 0 unspecified atom stereocenters. The highest BCUT2D eigenvalue weighted by molar-refractivity contribution is 8.00. The van der Waals surface area contributed by atoms with Crippen LogP contribution < -0.4 is 5.32 Å². The first-order valence-corrected chi connectivity index (χ1v) is 10.5. The lowest BCUT2D eigenvalue weighted by atomic mass is 10.1. The first-order chi connectivity index (χ1) is 13.6. The number of imidazole rings is 1. The lowest BCUT2D eigenvalue weighted by Gasteiger charge is -2.06. The number of halogens is 2. The third-order valence-electron chi connectivity index (χ3n) is 4.21. The van der Waals surface area contributed by atoms with Crippen LogP contribution in [0.3, 0.4) is 0 Å². The summed E-state index contributed by atoms with van der Waals surface area (Å²) in [7, 11) is 0. The van der Waals surface area contributed by atoms with Crippen molar-refractivity contribution < 1.29 is 8.78 Å². The van der Waals surface area contributed by atoms with E-state index < -0.39 is 6.55 Å². The van der Waals surface area contributed by atoms with Crippen molar-refractivity contribution in [2.75, 3.05) is 5.32 Å². The van der Waals surface area contributed by atoms with E-state index in [1.54, 1.807) is 24.3 Å². The van der Waals surface area contributed by atoms with E-state index in [1.165, 1.54) is 28.7 Å². The number of para-hydroxylation sites is 2. The van der Waals surface area contributed by atoms with Crippen LogP contribution in [0.2, 0.25) is 0 Å². The normalized spacial score (nSPS) is 11.4. The second kappa shape index (κ2) is 8.24. The fourth-order valence-electron chi connectivity index (χ4n) is 2.81. The van der Waals surface area contributed by atoms with Crippen LogP contribution in [0.15, 0.2) is 52.9 Å². The van der Waals surface area contributed by atoms with Crippen molar-refractivity contribution in [3.8, 4) is 0 Å². The van der Waals surface area contributed by atoms with Gasteiger partial charge in [0.1, 0.15) is 5.82 Å². The summed E-state index contributed by atoms with van der Waals surface area (Å²) in [6.45, 7) is -0.528. The molecule has 0 aliphatic rings. The first-order valence-electron chi connectivity index (χ1n) is 8.70. The largest absolute Gasteiger partial charge is 0.330 e. The average Bonchev–Trinajstić information content (AvgIpc) is 3.30. The molecule has 0 atom stereocenters. The summed E-state index contributed by atoms with van der Waals surface area (Å²) in [5, 5.41) is 12.1. The summed E-state index contributed by atoms with van der Waals surface area (Å²) in [5.74, 6) is 0.611. The van der Waals surface area contributed by atoms with Gasteiger partial charge < -0.3 is 5.32 Å². The monoisotopic (exact) mass is 417 g/mol. The molecule has 0 saturated carbocycles. The highest BCUT2D eigenvalue weighted by Crippen LogP contribution is 2.32. The number of thioether (sulfide) groups is 1. The molecule has 144 valence electrons. The van der Waals surface area contributed by atoms with Crippen LogP contribution in [0, 0.1) is 0 Å². The molecule has 0 bridgehead atoms. The quantitative estimate of drug-likeness (QED) is 0.381. The summed E-state index contributed by atoms with van der Waals surface area (Å²) < 4.78 is 28.7. The Labute approximate surface area is 168 Å². The SMILES string of the molecule is CCc1ccc(Nc2nnc(SCc3nc4ccccc4n3C(F)F)s2)cc1. The van der Waals surface area contributed by atoms with Crippen molar-refractivity contribution in [2.45, 2.75) is 30.0 Å². The van der Waals surface area contributed by atoms with Crippen molar-refractivity contribution in [2.24, 2.45) is 0 Å². The number of hydrogen-bond acceptors (Lipinski definition) is 6. The number of nitrogens with one attached hydrogen (secondary N) is 1. The molecule has 0 spiro atoms. The van der Waals surface area contributed by atoms with Crippen LogP contribution in [0.4, 0.5) is 19.6 Å². The van der Waals surface area contributed by atoms with Crippen molar-refractivity contribution in [1.82, 2.24) is 19.7 Å². The van der Waals surface area contributed by atoms with Gasteiger partial charge in [0.05, 0.1) is 16.8 Å². The molecule has 5 nitrogen and oxygen atoms in total. The van der Waals surface area contributed by atoms with Crippen LogP contribution in [0.25, 0.3) is 11.0 Å². The molecule has 2 aromatic carbocycles. The topological polar surface area (TPSA) is 55.6 Å². The Balaban J connectivity index is 1.46. The van der Waals surface area contributed by atoms with Gasteiger partial charge in [-0.15, -0.1) is 10.2 Å². The van der Waals surface area contributed by atoms with E-state index in [4.69, 9.17) is 0 Å². The molecule has 0 aliphatic carbocycles. The van der Waals surface area contributed by atoms with Gasteiger partial charge in [-0.2, -0.15) is 8.78 Å². The number of aryl methyl sites for hydroxylation is 1. The number of fused-ring (bicyclic) bond motifs is 1. The smallest absolute Gasteiger partial charge is 0.320 e. The van der Waals surface area contributed by atoms with Gasteiger partial charge in [-0.25, -0.2) is 4.98 Å². The second-order valence-electron chi connectivity index (χ2n) is 6.00. The Morgan fingerprint density at radius 3 is 2.64 bits per heavy atom. The van der Waals surface area contributed by atoms with Gasteiger partial charge in [0, 0.05) is 5.69 Å². The fraction of sp³-hybridized carbons (Fsp3) is 0.211. The number of aromatic nitrogens is 4. The van der Waals surface area contributed by atoms with Crippen molar-refractivity contribution in [3.63, 3.8) is 0 Å². The Morgan fingerprint density at radius 2 is 1.89 bits per heavy atom. The lowest BCUT2D eigenvalue weighted by Crippen LogP contribution is -2.03. The maximum absolute atomic E-state index is 13.5. The molecule has 9 heteroatoms. The highest BCUT2D eigenvalue weighted by Gasteiger charge is 2.18. The summed E-state index contributed by atoms with van der Waals surface area (Å²) in [6, 6.07) is 15.0. The molecular weight excluding hydrogens is 400 g/mol. The second-order valence-corrected chi connectivity index (χ2v) is 8.20. The van der Waals surface area contributed by atoms with Gasteiger partial charge >= 0.3 is 6.55 Å².